The van der Waals surface area contributed by atoms with Gasteiger partial charge in [0.05, 0.1) is 0 Å². The Bertz CT molecular complexity index is 559. The first kappa shape index (κ1) is 15.6. The summed E-state index contributed by atoms with van der Waals surface area (Å²) < 4.78 is 1.88. The van der Waals surface area contributed by atoms with Gasteiger partial charge < -0.3 is 9.88 Å². The molecule has 1 heterocycles. The molecule has 0 saturated heterocycles. The molecule has 3 heteroatoms. The minimum atomic E-state index is 0.109. The van der Waals surface area contributed by atoms with Crippen LogP contribution < -0.4 is 10.9 Å². The third-order valence-corrected chi connectivity index (χ3v) is 5.95. The molecule has 2 fully saturated rings. The molecular weight excluding hydrogens is 272 g/mol. The summed E-state index contributed by atoms with van der Waals surface area (Å²) in [5, 5.41) is 2.99. The number of fused-ring (bicyclic) bond motifs is 2. The van der Waals surface area contributed by atoms with Crippen LogP contribution in [-0.4, -0.2) is 11.6 Å². The minimum absolute atomic E-state index is 0.109. The molecule has 2 atom stereocenters. The van der Waals surface area contributed by atoms with Gasteiger partial charge in [-0.3, -0.25) is 4.79 Å². The van der Waals surface area contributed by atoms with Crippen molar-refractivity contribution in [3.63, 3.8) is 0 Å². The summed E-state index contributed by atoms with van der Waals surface area (Å²) >= 11 is 0. The number of pyridine rings is 1. The molecule has 0 spiro atoms. The molecule has 3 nitrogen and oxygen atoms in total. The highest BCUT2D eigenvalue weighted by Crippen LogP contribution is 2.51. The predicted molar refractivity (Wildman–Crippen MR) is 92.2 cm³/mol. The standard InChI is InChI=1S/C19H30N2O/c1-14-9-15-11-16(10-14)13-19(2,12-15)6-8-21-7-4-5-17(20-3)18(21)22/h4-5,7,14-16,20H,6,8-13H2,1-3H3. The monoisotopic (exact) mass is 302 g/mol. The number of hydrogen-bond donors (Lipinski definition) is 1. The molecule has 1 N–H and O–H groups in total. The van der Waals surface area contributed by atoms with E-state index in [1.165, 1.54) is 32.1 Å². The van der Waals surface area contributed by atoms with E-state index in [0.717, 1.165) is 30.7 Å². The van der Waals surface area contributed by atoms with E-state index in [1.54, 1.807) is 0 Å². The molecule has 0 amide bonds. The highest BCUT2D eigenvalue weighted by atomic mass is 16.1. The molecule has 0 aromatic carbocycles. The molecule has 2 saturated carbocycles. The first-order valence-electron chi connectivity index (χ1n) is 8.86. The molecule has 122 valence electrons. The summed E-state index contributed by atoms with van der Waals surface area (Å²) in [7, 11) is 1.81. The summed E-state index contributed by atoms with van der Waals surface area (Å²) in [4.78, 5) is 12.3. The van der Waals surface area contributed by atoms with Crippen LogP contribution in [0.2, 0.25) is 0 Å². The number of nitrogens with one attached hydrogen (secondary N) is 1. The lowest BCUT2D eigenvalue weighted by atomic mass is 9.58. The van der Waals surface area contributed by atoms with Gasteiger partial charge in [-0.15, -0.1) is 0 Å². The van der Waals surface area contributed by atoms with Crippen molar-refractivity contribution in [1.29, 1.82) is 0 Å². The second kappa shape index (κ2) is 6.10. The van der Waals surface area contributed by atoms with Crippen molar-refractivity contribution in [3.8, 4) is 0 Å². The van der Waals surface area contributed by atoms with E-state index in [9.17, 15) is 4.79 Å². The quantitative estimate of drug-likeness (QED) is 0.907. The van der Waals surface area contributed by atoms with Crippen LogP contribution in [-0.2, 0) is 6.54 Å². The highest BCUT2D eigenvalue weighted by molar-refractivity contribution is 5.39. The van der Waals surface area contributed by atoms with Gasteiger partial charge in [-0.25, -0.2) is 0 Å². The Morgan fingerprint density at radius 1 is 1.27 bits per heavy atom. The van der Waals surface area contributed by atoms with Crippen molar-refractivity contribution in [2.75, 3.05) is 12.4 Å². The number of anilines is 1. The van der Waals surface area contributed by atoms with E-state index in [2.05, 4.69) is 19.2 Å². The van der Waals surface area contributed by atoms with E-state index >= 15 is 0 Å². The van der Waals surface area contributed by atoms with Gasteiger partial charge in [0.25, 0.3) is 5.56 Å². The fourth-order valence-electron chi connectivity index (χ4n) is 5.21. The van der Waals surface area contributed by atoms with E-state index in [-0.39, 0.29) is 5.56 Å². The maximum Gasteiger partial charge on any atom is 0.273 e. The first-order chi connectivity index (χ1) is 10.5. The third kappa shape index (κ3) is 3.23. The summed E-state index contributed by atoms with van der Waals surface area (Å²) in [5.41, 5.74) is 1.23. The summed E-state index contributed by atoms with van der Waals surface area (Å²) in [5.74, 6) is 2.77. The van der Waals surface area contributed by atoms with Gasteiger partial charge in [-0.1, -0.05) is 13.8 Å². The van der Waals surface area contributed by atoms with Crippen LogP contribution in [0.15, 0.2) is 23.1 Å². The molecule has 2 bridgehead atoms. The number of nitrogens with zero attached hydrogens (tertiary/aromatic N) is 1. The molecule has 2 aliphatic carbocycles. The van der Waals surface area contributed by atoms with Crippen molar-refractivity contribution in [2.24, 2.45) is 23.2 Å². The molecule has 3 rings (SSSR count). The summed E-state index contributed by atoms with van der Waals surface area (Å²) in [6.45, 7) is 5.72. The lowest BCUT2D eigenvalue weighted by Crippen LogP contribution is -2.37. The lowest BCUT2D eigenvalue weighted by molar-refractivity contribution is 0.0381. The van der Waals surface area contributed by atoms with Crippen LogP contribution in [0.25, 0.3) is 0 Å². The van der Waals surface area contributed by atoms with Crippen LogP contribution in [0.4, 0.5) is 5.69 Å². The largest absolute Gasteiger partial charge is 0.384 e. The number of hydrogen-bond acceptors (Lipinski definition) is 2. The minimum Gasteiger partial charge on any atom is -0.384 e. The predicted octanol–water partition coefficient (Wildman–Crippen LogP) is 4.13. The Morgan fingerprint density at radius 3 is 2.59 bits per heavy atom. The van der Waals surface area contributed by atoms with Gasteiger partial charge in [-0.05, 0) is 73.8 Å². The average molecular weight is 302 g/mol. The third-order valence-electron chi connectivity index (χ3n) is 5.95. The second-order valence-electron chi connectivity index (χ2n) is 8.18. The van der Waals surface area contributed by atoms with Gasteiger partial charge in [0, 0.05) is 19.8 Å². The molecule has 0 aliphatic heterocycles. The molecule has 2 aliphatic rings. The molecule has 1 aromatic heterocycles. The smallest absolute Gasteiger partial charge is 0.273 e. The van der Waals surface area contributed by atoms with E-state index < -0.39 is 0 Å². The van der Waals surface area contributed by atoms with Gasteiger partial charge in [-0.2, -0.15) is 0 Å². The maximum atomic E-state index is 12.3. The Kier molecular flexibility index (Phi) is 4.33. The highest BCUT2D eigenvalue weighted by Gasteiger charge is 2.40. The van der Waals surface area contributed by atoms with E-state index in [1.807, 2.05) is 29.9 Å². The van der Waals surface area contributed by atoms with E-state index in [0.29, 0.717) is 11.1 Å². The average Bonchev–Trinajstić information content (AvgIpc) is 2.44. The lowest BCUT2D eigenvalue weighted by Gasteiger charge is -2.47. The van der Waals surface area contributed by atoms with Gasteiger partial charge >= 0.3 is 0 Å². The van der Waals surface area contributed by atoms with Crippen molar-refractivity contribution in [1.82, 2.24) is 4.57 Å². The summed E-state index contributed by atoms with van der Waals surface area (Å²) in [6, 6.07) is 3.82. The fourth-order valence-corrected chi connectivity index (χ4v) is 5.21. The van der Waals surface area contributed by atoms with Gasteiger partial charge in [0.2, 0.25) is 0 Å². The van der Waals surface area contributed by atoms with Crippen molar-refractivity contribution in [2.45, 2.75) is 58.9 Å². The summed E-state index contributed by atoms with van der Waals surface area (Å²) in [6.07, 6.45) is 10.1. The normalized spacial score (nSPS) is 34.4. The van der Waals surface area contributed by atoms with Crippen LogP contribution >= 0.6 is 0 Å². The van der Waals surface area contributed by atoms with Crippen LogP contribution in [0.5, 0.6) is 0 Å². The number of aromatic nitrogens is 1. The molecule has 2 unspecified atom stereocenters. The van der Waals surface area contributed by atoms with Gasteiger partial charge in [0.1, 0.15) is 5.69 Å². The molecule has 0 radical (unpaired) electrons. The Labute approximate surface area is 134 Å². The Balaban J connectivity index is 1.67. The SMILES string of the molecule is CNc1cccn(CCC2(C)CC3CC(C)CC(C3)C2)c1=O. The topological polar surface area (TPSA) is 34.0 Å². The van der Waals surface area contributed by atoms with Gasteiger partial charge in [0.15, 0.2) is 0 Å². The van der Waals surface area contributed by atoms with E-state index in [4.69, 9.17) is 0 Å². The molecule has 1 aromatic rings. The fraction of sp³-hybridized carbons (Fsp3) is 0.737. The molecule has 22 heavy (non-hydrogen) atoms. The van der Waals surface area contributed by atoms with Crippen LogP contribution in [0.3, 0.4) is 0 Å². The van der Waals surface area contributed by atoms with Crippen molar-refractivity contribution < 1.29 is 0 Å². The second-order valence-corrected chi connectivity index (χ2v) is 8.18. The number of aryl methyl sites for hydroxylation is 1. The molecular formula is C19H30N2O. The first-order valence-corrected chi connectivity index (χ1v) is 8.86. The van der Waals surface area contributed by atoms with Crippen LogP contribution in [0, 0.1) is 23.2 Å². The zero-order chi connectivity index (χ0) is 15.7. The van der Waals surface area contributed by atoms with Crippen molar-refractivity contribution >= 4 is 5.69 Å². The van der Waals surface area contributed by atoms with Crippen molar-refractivity contribution in [3.05, 3.63) is 28.7 Å². The zero-order valence-electron chi connectivity index (χ0n) is 14.3. The Hall–Kier alpha value is -1.25. The maximum absolute atomic E-state index is 12.3. The Morgan fingerprint density at radius 2 is 1.95 bits per heavy atom. The number of rotatable bonds is 4. The van der Waals surface area contributed by atoms with Crippen LogP contribution in [0.1, 0.15) is 52.4 Å². The zero-order valence-corrected chi connectivity index (χ0v) is 14.3.